The Morgan fingerprint density at radius 3 is 2.23 bits per heavy atom. The summed E-state index contributed by atoms with van der Waals surface area (Å²) in [7, 11) is 0. The first kappa shape index (κ1) is 22.4. The van der Waals surface area contributed by atoms with Gasteiger partial charge in [-0.2, -0.15) is 0 Å². The van der Waals surface area contributed by atoms with Crippen molar-refractivity contribution in [2.24, 2.45) is 0 Å². The molecule has 6 heteroatoms. The molecule has 1 aliphatic heterocycles. The Balaban J connectivity index is 1.91. The van der Waals surface area contributed by atoms with Crippen LogP contribution in [0.15, 0.2) is 58.3 Å². The van der Waals surface area contributed by atoms with Crippen LogP contribution in [0.4, 0.5) is 0 Å². The molecule has 158 valence electrons. The molecule has 3 rings (SSSR count). The largest absolute Gasteiger partial charge is 0.494 e. The summed E-state index contributed by atoms with van der Waals surface area (Å²) >= 11 is 7.30. The van der Waals surface area contributed by atoms with E-state index < -0.39 is 0 Å². The first-order valence-electron chi connectivity index (χ1n) is 10.3. The highest BCUT2D eigenvalue weighted by molar-refractivity contribution is 8.04. The van der Waals surface area contributed by atoms with Crippen molar-refractivity contribution >= 4 is 40.8 Å². The molecule has 1 heterocycles. The van der Waals surface area contributed by atoms with E-state index >= 15 is 0 Å². The number of thioether (sulfide) groups is 1. The molecule has 4 nitrogen and oxygen atoms in total. The molecule has 1 aliphatic rings. The van der Waals surface area contributed by atoms with E-state index in [1.165, 1.54) is 16.7 Å². The standard InChI is InChI=1S/C24H26ClNO3S/c1-3-5-6-7-16-26-23(27)21(17-8-12-19(13-9-17)29-4-2)22(24(26)28)30-20-14-10-18(25)11-15-20/h8-15H,3-7,16H2,1-2H3. The van der Waals surface area contributed by atoms with Crippen LogP contribution in [0.2, 0.25) is 5.02 Å². The summed E-state index contributed by atoms with van der Waals surface area (Å²) in [6.07, 6.45) is 4.03. The Kier molecular flexibility index (Phi) is 8.00. The molecule has 0 N–H and O–H groups in total. The van der Waals surface area contributed by atoms with Crippen molar-refractivity contribution in [3.05, 3.63) is 64.0 Å². The molecule has 2 aromatic rings. The van der Waals surface area contributed by atoms with E-state index in [4.69, 9.17) is 16.3 Å². The van der Waals surface area contributed by atoms with E-state index in [0.717, 1.165) is 41.9 Å². The van der Waals surface area contributed by atoms with E-state index in [1.807, 2.05) is 43.3 Å². The number of rotatable bonds is 10. The average molecular weight is 444 g/mol. The van der Waals surface area contributed by atoms with Crippen molar-refractivity contribution < 1.29 is 14.3 Å². The van der Waals surface area contributed by atoms with E-state index in [1.54, 1.807) is 12.1 Å². The first-order chi connectivity index (χ1) is 14.5. The van der Waals surface area contributed by atoms with Crippen LogP contribution < -0.4 is 4.74 Å². The van der Waals surface area contributed by atoms with Crippen LogP contribution in [0.3, 0.4) is 0 Å². The molecule has 0 spiro atoms. The number of imide groups is 1. The number of benzene rings is 2. The fourth-order valence-corrected chi connectivity index (χ4v) is 4.45. The van der Waals surface area contributed by atoms with Gasteiger partial charge in [0.1, 0.15) is 5.75 Å². The Bertz CT molecular complexity index is 922. The number of ether oxygens (including phenoxy) is 1. The monoisotopic (exact) mass is 443 g/mol. The number of carbonyl (C=O) groups is 2. The number of hydrogen-bond acceptors (Lipinski definition) is 4. The summed E-state index contributed by atoms with van der Waals surface area (Å²) in [4.78, 5) is 29.1. The van der Waals surface area contributed by atoms with Crippen LogP contribution >= 0.6 is 23.4 Å². The highest BCUT2D eigenvalue weighted by atomic mass is 35.5. The Labute approximate surface area is 187 Å². The molecule has 0 atom stereocenters. The SMILES string of the molecule is CCCCCCN1C(=O)C(Sc2ccc(Cl)cc2)=C(c2ccc(OCC)cc2)C1=O. The van der Waals surface area contributed by atoms with Crippen LogP contribution in [0.1, 0.15) is 45.1 Å². The molecule has 0 radical (unpaired) electrons. The van der Waals surface area contributed by atoms with Crippen molar-refractivity contribution in [1.82, 2.24) is 4.90 Å². The fraction of sp³-hybridized carbons (Fsp3) is 0.333. The molecule has 0 unspecified atom stereocenters. The highest BCUT2D eigenvalue weighted by Gasteiger charge is 2.39. The van der Waals surface area contributed by atoms with Crippen molar-refractivity contribution in [2.45, 2.75) is 44.4 Å². The molecule has 0 saturated carbocycles. The highest BCUT2D eigenvalue weighted by Crippen LogP contribution is 2.40. The van der Waals surface area contributed by atoms with Gasteiger partial charge >= 0.3 is 0 Å². The van der Waals surface area contributed by atoms with Crippen LogP contribution in [-0.4, -0.2) is 29.9 Å². The summed E-state index contributed by atoms with van der Waals surface area (Å²) in [5.41, 5.74) is 1.18. The normalized spacial score (nSPS) is 14.0. The number of halogens is 1. The van der Waals surface area contributed by atoms with Gasteiger partial charge in [-0.25, -0.2) is 0 Å². The molecule has 30 heavy (non-hydrogen) atoms. The van der Waals surface area contributed by atoms with Crippen LogP contribution in [0.25, 0.3) is 5.57 Å². The molecule has 0 saturated heterocycles. The third-order valence-electron chi connectivity index (χ3n) is 4.85. The smallest absolute Gasteiger partial charge is 0.268 e. The quantitative estimate of drug-likeness (QED) is 0.324. The number of hydrogen-bond donors (Lipinski definition) is 0. The van der Waals surface area contributed by atoms with Crippen LogP contribution in [0, 0.1) is 0 Å². The predicted octanol–water partition coefficient (Wildman–Crippen LogP) is 6.19. The van der Waals surface area contributed by atoms with Gasteiger partial charge in [0.15, 0.2) is 0 Å². The summed E-state index contributed by atoms with van der Waals surface area (Å²) in [6, 6.07) is 14.6. The minimum atomic E-state index is -0.225. The van der Waals surface area contributed by atoms with Gasteiger partial charge in [0.2, 0.25) is 0 Å². The maximum absolute atomic E-state index is 13.2. The number of unbranched alkanes of at least 4 members (excludes halogenated alkanes) is 3. The molecule has 2 amide bonds. The van der Waals surface area contributed by atoms with Gasteiger partial charge in [0.25, 0.3) is 11.8 Å². The van der Waals surface area contributed by atoms with E-state index in [0.29, 0.717) is 28.7 Å². The van der Waals surface area contributed by atoms with Gasteiger partial charge in [-0.3, -0.25) is 14.5 Å². The predicted molar refractivity (Wildman–Crippen MR) is 123 cm³/mol. The zero-order valence-corrected chi connectivity index (χ0v) is 18.9. The van der Waals surface area contributed by atoms with Crippen molar-refractivity contribution in [3.63, 3.8) is 0 Å². The van der Waals surface area contributed by atoms with E-state index in [2.05, 4.69) is 6.92 Å². The van der Waals surface area contributed by atoms with E-state index in [-0.39, 0.29) is 11.8 Å². The molecule has 0 aromatic heterocycles. The number of amides is 2. The number of carbonyl (C=O) groups excluding carboxylic acids is 2. The topological polar surface area (TPSA) is 46.6 Å². The second-order valence-corrected chi connectivity index (χ2v) is 8.56. The van der Waals surface area contributed by atoms with Gasteiger partial charge in [0, 0.05) is 16.5 Å². The van der Waals surface area contributed by atoms with Gasteiger partial charge in [-0.05, 0) is 55.3 Å². The summed E-state index contributed by atoms with van der Waals surface area (Å²) < 4.78 is 5.51. The molecule has 2 aromatic carbocycles. The zero-order valence-electron chi connectivity index (χ0n) is 17.3. The van der Waals surface area contributed by atoms with Gasteiger partial charge in [-0.15, -0.1) is 0 Å². The molecule has 0 bridgehead atoms. The van der Waals surface area contributed by atoms with Gasteiger partial charge in [0.05, 0.1) is 17.1 Å². The van der Waals surface area contributed by atoms with E-state index in [9.17, 15) is 9.59 Å². The summed E-state index contributed by atoms with van der Waals surface area (Å²) in [6.45, 7) is 5.08. The second kappa shape index (κ2) is 10.7. The summed E-state index contributed by atoms with van der Waals surface area (Å²) in [5, 5.41) is 0.631. The van der Waals surface area contributed by atoms with Crippen molar-refractivity contribution in [3.8, 4) is 5.75 Å². The lowest BCUT2D eigenvalue weighted by atomic mass is 10.1. The minimum Gasteiger partial charge on any atom is -0.494 e. The average Bonchev–Trinajstić information content (AvgIpc) is 2.97. The van der Waals surface area contributed by atoms with Gasteiger partial charge < -0.3 is 4.74 Å². The lowest BCUT2D eigenvalue weighted by Gasteiger charge is -2.15. The van der Waals surface area contributed by atoms with Crippen molar-refractivity contribution in [2.75, 3.05) is 13.2 Å². The fourth-order valence-electron chi connectivity index (χ4n) is 3.31. The molecular formula is C24H26ClNO3S. The maximum Gasteiger partial charge on any atom is 0.268 e. The summed E-state index contributed by atoms with van der Waals surface area (Å²) in [5.74, 6) is 0.291. The minimum absolute atomic E-state index is 0.222. The Hall–Kier alpha value is -2.24. The molecular weight excluding hydrogens is 418 g/mol. The lowest BCUT2D eigenvalue weighted by Crippen LogP contribution is -2.32. The van der Waals surface area contributed by atoms with Gasteiger partial charge in [-0.1, -0.05) is 61.7 Å². The lowest BCUT2D eigenvalue weighted by molar-refractivity contribution is -0.136. The second-order valence-electron chi connectivity index (χ2n) is 7.04. The third-order valence-corrected chi connectivity index (χ3v) is 6.19. The molecule has 0 aliphatic carbocycles. The van der Waals surface area contributed by atoms with Crippen LogP contribution in [0.5, 0.6) is 5.75 Å². The third kappa shape index (κ3) is 5.27. The number of nitrogens with zero attached hydrogens (tertiary/aromatic N) is 1. The molecule has 0 fully saturated rings. The first-order valence-corrected chi connectivity index (χ1v) is 11.5. The maximum atomic E-state index is 13.2. The van der Waals surface area contributed by atoms with Crippen molar-refractivity contribution in [1.29, 1.82) is 0 Å². The Morgan fingerprint density at radius 2 is 1.60 bits per heavy atom. The zero-order chi connectivity index (χ0) is 21.5. The van der Waals surface area contributed by atoms with Crippen LogP contribution in [-0.2, 0) is 9.59 Å². The Morgan fingerprint density at radius 1 is 0.900 bits per heavy atom.